The second kappa shape index (κ2) is 7.70. The highest BCUT2D eigenvalue weighted by Crippen LogP contribution is 2.46. The number of nitrogens with zero attached hydrogens (tertiary/aromatic N) is 3. The number of para-hydroxylation sites is 1. The van der Waals surface area contributed by atoms with Crippen molar-refractivity contribution in [2.45, 2.75) is 33.1 Å². The fraction of sp³-hybridized carbons (Fsp3) is 0.348. The van der Waals surface area contributed by atoms with Crippen LogP contribution in [0, 0.1) is 13.8 Å². The fourth-order valence-corrected chi connectivity index (χ4v) is 3.83. The number of likely N-dealkylation sites (N-methyl/N-ethyl adjacent to an activating group) is 1. The molecule has 2 heterocycles. The molecule has 0 radical (unpaired) electrons. The monoisotopic (exact) mass is 393 g/mol. The first-order chi connectivity index (χ1) is 13.6. The van der Waals surface area contributed by atoms with Crippen molar-refractivity contribution in [2.75, 3.05) is 18.6 Å². The highest BCUT2D eigenvalue weighted by molar-refractivity contribution is 5.96. The molecule has 1 aliphatic heterocycles. The average molecular weight is 393 g/mol. The van der Waals surface area contributed by atoms with Gasteiger partial charge in [-0.05, 0) is 31.6 Å². The van der Waals surface area contributed by atoms with Crippen LogP contribution in [0.1, 0.15) is 36.4 Å². The number of aromatic nitrogens is 2. The minimum absolute atomic E-state index is 0.247. The van der Waals surface area contributed by atoms with Gasteiger partial charge in [-0.2, -0.15) is 5.10 Å². The van der Waals surface area contributed by atoms with Crippen LogP contribution in [0.3, 0.4) is 0 Å². The quantitative estimate of drug-likeness (QED) is 0.575. The summed E-state index contributed by atoms with van der Waals surface area (Å²) in [6, 6.07) is 8.09. The minimum Gasteiger partial charge on any atom is -0.454 e. The molecule has 6 nitrogen and oxygen atoms in total. The molecule has 0 unspecified atom stereocenters. The number of allylic oxidation sites excluding steroid dienone is 1. The summed E-state index contributed by atoms with van der Waals surface area (Å²) >= 11 is 0. The first-order valence-corrected chi connectivity index (χ1v) is 9.56. The Hall–Kier alpha value is -3.15. The van der Waals surface area contributed by atoms with E-state index in [0.717, 1.165) is 28.3 Å². The van der Waals surface area contributed by atoms with Gasteiger partial charge in [0.2, 0.25) is 0 Å². The number of aryl methyl sites for hydroxylation is 2. The van der Waals surface area contributed by atoms with Crippen molar-refractivity contribution in [3.8, 4) is 0 Å². The van der Waals surface area contributed by atoms with Gasteiger partial charge < -0.3 is 9.64 Å². The van der Waals surface area contributed by atoms with Crippen molar-refractivity contribution < 1.29 is 14.3 Å². The Bertz CT molecular complexity index is 1030. The number of anilines is 1. The Morgan fingerprint density at radius 3 is 2.48 bits per heavy atom. The molecule has 1 aliphatic rings. The van der Waals surface area contributed by atoms with Gasteiger partial charge in [-0.1, -0.05) is 32.0 Å². The Labute approximate surface area is 171 Å². The summed E-state index contributed by atoms with van der Waals surface area (Å²) in [5.74, 6) is -0.801. The van der Waals surface area contributed by atoms with Gasteiger partial charge in [-0.3, -0.25) is 9.48 Å². The van der Waals surface area contributed by atoms with Crippen LogP contribution in [-0.2, 0) is 26.8 Å². The van der Waals surface area contributed by atoms with E-state index in [9.17, 15) is 9.59 Å². The molecule has 0 amide bonds. The van der Waals surface area contributed by atoms with Crippen LogP contribution in [0.4, 0.5) is 5.69 Å². The Balaban J connectivity index is 1.65. The zero-order valence-electron chi connectivity index (χ0n) is 17.8. The van der Waals surface area contributed by atoms with E-state index in [1.54, 1.807) is 16.8 Å². The minimum atomic E-state index is -0.554. The molecule has 29 heavy (non-hydrogen) atoms. The number of hydrogen-bond acceptors (Lipinski definition) is 5. The number of carbonyl (C=O) groups is 2. The standard InChI is InChI=1S/C23H27N3O3/c1-15-18(16(2)26(6)24-15)11-12-22(28)29-14-17(27)13-21-23(3,4)19-9-7-8-10-20(19)25(21)5/h7-13H,14H2,1-6H3. The Kier molecular flexibility index (Phi) is 5.46. The van der Waals surface area contributed by atoms with E-state index in [2.05, 4.69) is 25.0 Å². The van der Waals surface area contributed by atoms with Crippen molar-refractivity contribution in [3.05, 3.63) is 64.6 Å². The SMILES string of the molecule is Cc1nn(C)c(C)c1C=CC(=O)OCC(=O)C=C1N(C)c2ccccc2C1(C)C. The first-order valence-electron chi connectivity index (χ1n) is 9.56. The molecule has 0 saturated heterocycles. The lowest BCUT2D eigenvalue weighted by Gasteiger charge is -2.23. The van der Waals surface area contributed by atoms with Crippen LogP contribution in [0.25, 0.3) is 6.08 Å². The van der Waals surface area contributed by atoms with Gasteiger partial charge in [0, 0.05) is 54.3 Å². The molecule has 1 aromatic heterocycles. The van der Waals surface area contributed by atoms with Crippen LogP contribution < -0.4 is 4.90 Å². The number of fused-ring (bicyclic) bond motifs is 1. The van der Waals surface area contributed by atoms with E-state index in [0.29, 0.717) is 0 Å². The van der Waals surface area contributed by atoms with Gasteiger partial charge in [0.1, 0.15) is 0 Å². The average Bonchev–Trinajstić information content (AvgIpc) is 3.03. The molecule has 0 fully saturated rings. The molecule has 0 bridgehead atoms. The van der Waals surface area contributed by atoms with Crippen molar-refractivity contribution in [1.82, 2.24) is 9.78 Å². The van der Waals surface area contributed by atoms with Gasteiger partial charge in [-0.25, -0.2) is 4.79 Å². The van der Waals surface area contributed by atoms with Crippen LogP contribution in [0.5, 0.6) is 0 Å². The third-order valence-electron chi connectivity index (χ3n) is 5.55. The molecular formula is C23H27N3O3. The predicted octanol–water partition coefficient (Wildman–Crippen LogP) is 3.47. The van der Waals surface area contributed by atoms with Gasteiger partial charge >= 0.3 is 5.97 Å². The lowest BCUT2D eigenvalue weighted by Crippen LogP contribution is -2.25. The number of benzene rings is 1. The second-order valence-electron chi connectivity index (χ2n) is 7.85. The lowest BCUT2D eigenvalue weighted by molar-refractivity contribution is -0.141. The maximum atomic E-state index is 12.5. The van der Waals surface area contributed by atoms with Gasteiger partial charge in [0.25, 0.3) is 0 Å². The Morgan fingerprint density at radius 1 is 1.17 bits per heavy atom. The maximum absolute atomic E-state index is 12.5. The summed E-state index contributed by atoms with van der Waals surface area (Å²) in [7, 11) is 3.80. The summed E-state index contributed by atoms with van der Waals surface area (Å²) in [5.41, 5.74) is 5.52. The molecular weight excluding hydrogens is 366 g/mol. The number of ketones is 1. The molecule has 6 heteroatoms. The molecule has 0 atom stereocenters. The van der Waals surface area contributed by atoms with Gasteiger partial charge in [0.15, 0.2) is 12.4 Å². The summed E-state index contributed by atoms with van der Waals surface area (Å²) in [5, 5.41) is 4.30. The van der Waals surface area contributed by atoms with Crippen molar-refractivity contribution >= 4 is 23.5 Å². The van der Waals surface area contributed by atoms with Crippen LogP contribution in [-0.4, -0.2) is 35.2 Å². The number of esters is 1. The first kappa shape index (κ1) is 20.6. The molecule has 0 N–H and O–H groups in total. The Morgan fingerprint density at radius 2 is 1.86 bits per heavy atom. The highest BCUT2D eigenvalue weighted by Gasteiger charge is 2.38. The van der Waals surface area contributed by atoms with Gasteiger partial charge in [-0.15, -0.1) is 0 Å². The third-order valence-corrected chi connectivity index (χ3v) is 5.55. The number of hydrogen-bond donors (Lipinski definition) is 0. The molecule has 3 rings (SSSR count). The largest absolute Gasteiger partial charge is 0.454 e. The molecule has 1 aromatic carbocycles. The molecule has 2 aromatic rings. The summed E-state index contributed by atoms with van der Waals surface area (Å²) in [6.07, 6.45) is 4.58. The molecule has 0 saturated carbocycles. The zero-order chi connectivity index (χ0) is 21.3. The second-order valence-corrected chi connectivity index (χ2v) is 7.85. The van der Waals surface area contributed by atoms with Crippen molar-refractivity contribution in [1.29, 1.82) is 0 Å². The van der Waals surface area contributed by atoms with E-state index < -0.39 is 5.97 Å². The van der Waals surface area contributed by atoms with E-state index in [4.69, 9.17) is 4.74 Å². The molecule has 0 aliphatic carbocycles. The van der Waals surface area contributed by atoms with Crippen molar-refractivity contribution in [3.63, 3.8) is 0 Å². The van der Waals surface area contributed by atoms with Crippen LogP contribution in [0.15, 0.2) is 42.1 Å². The summed E-state index contributed by atoms with van der Waals surface area (Å²) < 4.78 is 6.90. The number of carbonyl (C=O) groups excluding carboxylic acids is 2. The normalized spacial score (nSPS) is 16.5. The zero-order valence-corrected chi connectivity index (χ0v) is 17.8. The van der Waals surface area contributed by atoms with E-state index >= 15 is 0 Å². The van der Waals surface area contributed by atoms with Crippen LogP contribution >= 0.6 is 0 Å². The smallest absolute Gasteiger partial charge is 0.331 e. The fourth-order valence-electron chi connectivity index (χ4n) is 3.83. The highest BCUT2D eigenvalue weighted by atomic mass is 16.5. The van der Waals surface area contributed by atoms with E-state index in [1.165, 1.54) is 11.6 Å². The number of ether oxygens (including phenoxy) is 1. The summed E-state index contributed by atoms with van der Waals surface area (Å²) in [6.45, 7) is 7.69. The molecule has 152 valence electrons. The van der Waals surface area contributed by atoms with Crippen LogP contribution in [0.2, 0.25) is 0 Å². The van der Waals surface area contributed by atoms with Crippen molar-refractivity contribution in [2.24, 2.45) is 7.05 Å². The topological polar surface area (TPSA) is 64.4 Å². The van der Waals surface area contributed by atoms with E-state index in [-0.39, 0.29) is 17.8 Å². The molecule has 0 spiro atoms. The maximum Gasteiger partial charge on any atom is 0.331 e. The third kappa shape index (κ3) is 3.88. The van der Waals surface area contributed by atoms with E-state index in [1.807, 2.05) is 51.0 Å². The predicted molar refractivity (Wildman–Crippen MR) is 114 cm³/mol. The number of rotatable bonds is 5. The lowest BCUT2D eigenvalue weighted by atomic mass is 9.83. The van der Waals surface area contributed by atoms with Gasteiger partial charge in [0.05, 0.1) is 5.69 Å². The summed E-state index contributed by atoms with van der Waals surface area (Å²) in [4.78, 5) is 26.5.